The lowest BCUT2D eigenvalue weighted by Crippen LogP contribution is -2.54. The van der Waals surface area contributed by atoms with E-state index in [1.165, 1.54) is 17.9 Å². The number of carboxylic acids is 1. The molecular weight excluding hydrogens is 423 g/mol. The Morgan fingerprint density at radius 3 is 2.32 bits per heavy atom. The first kappa shape index (κ1) is 24.2. The largest absolute Gasteiger partial charge is 0.490 e. The quantitative estimate of drug-likeness (QED) is 0.601. The van der Waals surface area contributed by atoms with Crippen molar-refractivity contribution < 1.29 is 37.5 Å². The van der Waals surface area contributed by atoms with Crippen LogP contribution < -0.4 is 5.32 Å². The fourth-order valence-electron chi connectivity index (χ4n) is 3.62. The van der Waals surface area contributed by atoms with Crippen LogP contribution in [-0.2, 0) is 4.79 Å². The van der Waals surface area contributed by atoms with Crippen molar-refractivity contribution in [3.63, 3.8) is 0 Å². The molecule has 3 amide bonds. The van der Waals surface area contributed by atoms with Crippen molar-refractivity contribution in [1.82, 2.24) is 25.3 Å². The molecule has 1 spiro atoms. The lowest BCUT2D eigenvalue weighted by molar-refractivity contribution is -0.192. The smallest absolute Gasteiger partial charge is 0.475 e. The van der Waals surface area contributed by atoms with Gasteiger partial charge in [0.25, 0.3) is 5.91 Å². The number of nitrogens with one attached hydrogen (secondary N) is 2. The third-order valence-electron chi connectivity index (χ3n) is 5.23. The van der Waals surface area contributed by atoms with Crippen LogP contribution in [0.15, 0.2) is 6.07 Å². The zero-order valence-corrected chi connectivity index (χ0v) is 17.2. The molecule has 31 heavy (non-hydrogen) atoms. The number of carbonyl (C=O) groups excluding carboxylic acids is 3. The highest BCUT2D eigenvalue weighted by molar-refractivity contribution is 5.97. The highest BCUT2D eigenvalue weighted by Gasteiger charge is 2.50. The number of urea groups is 1. The molecule has 1 aromatic heterocycles. The van der Waals surface area contributed by atoms with Crippen LogP contribution >= 0.6 is 0 Å². The van der Waals surface area contributed by atoms with Gasteiger partial charge in [0.05, 0.1) is 0 Å². The van der Waals surface area contributed by atoms with E-state index in [4.69, 9.17) is 9.90 Å². The normalized spacial score (nSPS) is 22.3. The molecule has 3 rings (SSSR count). The van der Waals surface area contributed by atoms with Crippen LogP contribution in [0.5, 0.6) is 0 Å². The van der Waals surface area contributed by atoms with Crippen molar-refractivity contribution in [2.24, 2.45) is 5.41 Å². The Labute approximate surface area is 175 Å². The van der Waals surface area contributed by atoms with Gasteiger partial charge in [0.15, 0.2) is 5.78 Å². The third-order valence-corrected chi connectivity index (χ3v) is 5.23. The first-order valence-electron chi connectivity index (χ1n) is 9.38. The van der Waals surface area contributed by atoms with E-state index in [1.807, 2.05) is 0 Å². The summed E-state index contributed by atoms with van der Waals surface area (Å²) in [5.74, 6) is -3.04. The molecule has 2 heterocycles. The lowest BCUT2D eigenvalue weighted by atomic mass is 9.65. The molecule has 1 saturated carbocycles. The SMILES string of the molecule is CC(=O)c1cc(C(=O)N2CCC3(CC(NC(=O)N(C)C)C3)C2)[nH]n1.O=C(O)C(F)(F)F. The summed E-state index contributed by atoms with van der Waals surface area (Å²) in [6.45, 7) is 2.81. The van der Waals surface area contributed by atoms with E-state index in [1.54, 1.807) is 19.0 Å². The van der Waals surface area contributed by atoms with Crippen molar-refractivity contribution in [1.29, 1.82) is 0 Å². The maximum Gasteiger partial charge on any atom is 0.490 e. The first-order chi connectivity index (χ1) is 14.2. The Kier molecular flexibility index (Phi) is 6.96. The average molecular weight is 447 g/mol. The van der Waals surface area contributed by atoms with Gasteiger partial charge in [-0.25, -0.2) is 9.59 Å². The van der Waals surface area contributed by atoms with E-state index in [9.17, 15) is 27.6 Å². The zero-order valence-electron chi connectivity index (χ0n) is 17.2. The fraction of sp³-hybridized carbons (Fsp3) is 0.611. The number of nitrogens with zero attached hydrogens (tertiary/aromatic N) is 3. The minimum atomic E-state index is -5.08. The summed E-state index contributed by atoms with van der Waals surface area (Å²) in [5.41, 5.74) is 0.750. The number of ketones is 1. The minimum absolute atomic E-state index is 0.0741. The Bertz CT molecular complexity index is 861. The van der Waals surface area contributed by atoms with Gasteiger partial charge < -0.3 is 20.2 Å². The molecule has 0 bridgehead atoms. The highest BCUT2D eigenvalue weighted by Crippen LogP contribution is 2.48. The minimum Gasteiger partial charge on any atom is -0.475 e. The van der Waals surface area contributed by atoms with Gasteiger partial charge in [-0.15, -0.1) is 0 Å². The number of aromatic amines is 1. The molecule has 1 aromatic rings. The predicted octanol–water partition coefficient (Wildman–Crippen LogP) is 1.51. The van der Waals surface area contributed by atoms with Crippen molar-refractivity contribution in [2.45, 2.75) is 38.4 Å². The Balaban J connectivity index is 0.000000423. The highest BCUT2D eigenvalue weighted by atomic mass is 19.4. The second kappa shape index (κ2) is 8.94. The molecule has 0 radical (unpaired) electrons. The predicted molar refractivity (Wildman–Crippen MR) is 100 cm³/mol. The molecule has 1 saturated heterocycles. The van der Waals surface area contributed by atoms with Gasteiger partial charge in [0, 0.05) is 40.2 Å². The monoisotopic (exact) mass is 447 g/mol. The summed E-state index contributed by atoms with van der Waals surface area (Å²) in [6, 6.07) is 1.62. The number of aliphatic carboxylic acids is 1. The molecule has 1 aliphatic heterocycles. The maximum absolute atomic E-state index is 12.5. The van der Waals surface area contributed by atoms with E-state index in [0.29, 0.717) is 18.8 Å². The lowest BCUT2D eigenvalue weighted by Gasteiger charge is -2.45. The number of halogens is 3. The molecule has 0 unspecified atom stereocenters. The number of H-pyrrole nitrogens is 1. The number of carbonyl (C=O) groups is 4. The van der Waals surface area contributed by atoms with Gasteiger partial charge in [-0.05, 0) is 30.7 Å². The number of alkyl halides is 3. The number of carboxylic acid groups (broad SMARTS) is 1. The molecule has 2 aliphatic rings. The number of likely N-dealkylation sites (tertiary alicyclic amines) is 1. The summed E-state index contributed by atoms with van der Waals surface area (Å²) >= 11 is 0. The van der Waals surface area contributed by atoms with Crippen molar-refractivity contribution in [2.75, 3.05) is 27.2 Å². The first-order valence-corrected chi connectivity index (χ1v) is 9.38. The second-order valence-corrected chi connectivity index (χ2v) is 7.95. The van der Waals surface area contributed by atoms with Crippen molar-refractivity contribution in [3.8, 4) is 0 Å². The number of Topliss-reactive ketones (excluding diaryl/α,β-unsaturated/α-hetero) is 1. The molecule has 1 aliphatic carbocycles. The van der Waals surface area contributed by atoms with Gasteiger partial charge in [-0.2, -0.15) is 18.3 Å². The van der Waals surface area contributed by atoms with Crippen LogP contribution in [-0.4, -0.2) is 88.2 Å². The van der Waals surface area contributed by atoms with Crippen molar-refractivity contribution >= 4 is 23.7 Å². The standard InChI is InChI=1S/C16H23N5O3.C2HF3O2/c1-10(22)12-6-13(19-18-12)14(23)21-5-4-16(9-21)7-11(8-16)17-15(24)20(2)3;3-2(4,5)1(6)7/h6,11H,4-5,7-9H2,1-3H3,(H,17,24)(H,18,19);(H,6,7). The van der Waals surface area contributed by atoms with Gasteiger partial charge in [-0.1, -0.05) is 0 Å². The van der Waals surface area contributed by atoms with Crippen molar-refractivity contribution in [3.05, 3.63) is 17.5 Å². The molecule has 10 nitrogen and oxygen atoms in total. The molecule has 0 atom stereocenters. The molecule has 172 valence electrons. The van der Waals surface area contributed by atoms with E-state index in [-0.39, 0.29) is 34.9 Å². The van der Waals surface area contributed by atoms with E-state index >= 15 is 0 Å². The van der Waals surface area contributed by atoms with Crippen LogP contribution in [0.3, 0.4) is 0 Å². The summed E-state index contributed by atoms with van der Waals surface area (Å²) in [4.78, 5) is 47.7. The number of aromatic nitrogens is 2. The van der Waals surface area contributed by atoms with Crippen LogP contribution in [0.4, 0.5) is 18.0 Å². The van der Waals surface area contributed by atoms with Crippen LogP contribution in [0.2, 0.25) is 0 Å². The summed E-state index contributed by atoms with van der Waals surface area (Å²) in [7, 11) is 3.44. The van der Waals surface area contributed by atoms with Gasteiger partial charge in [-0.3, -0.25) is 14.7 Å². The third kappa shape index (κ3) is 5.95. The second-order valence-electron chi connectivity index (χ2n) is 7.95. The Morgan fingerprint density at radius 1 is 1.29 bits per heavy atom. The summed E-state index contributed by atoms with van der Waals surface area (Å²) in [5, 5.41) is 16.6. The van der Waals surface area contributed by atoms with E-state index < -0.39 is 12.1 Å². The van der Waals surface area contributed by atoms with Gasteiger partial charge >= 0.3 is 18.2 Å². The van der Waals surface area contributed by atoms with E-state index in [0.717, 1.165) is 19.3 Å². The van der Waals surface area contributed by atoms with Crippen LogP contribution in [0.25, 0.3) is 0 Å². The Hall–Kier alpha value is -3.12. The number of amides is 3. The molecule has 13 heteroatoms. The molecule has 3 N–H and O–H groups in total. The summed E-state index contributed by atoms with van der Waals surface area (Å²) in [6.07, 6.45) is -2.34. The summed E-state index contributed by atoms with van der Waals surface area (Å²) < 4.78 is 31.7. The van der Waals surface area contributed by atoms with E-state index in [2.05, 4.69) is 15.5 Å². The fourth-order valence-corrected chi connectivity index (χ4v) is 3.62. The zero-order chi connectivity index (χ0) is 23.6. The Morgan fingerprint density at radius 2 is 1.87 bits per heavy atom. The topological polar surface area (TPSA) is 136 Å². The number of rotatable bonds is 3. The average Bonchev–Trinajstić information content (AvgIpc) is 3.28. The van der Waals surface area contributed by atoms with Crippen LogP contribution in [0.1, 0.15) is 47.2 Å². The maximum atomic E-state index is 12.5. The molecular formula is C18H24F3N5O5. The van der Waals surface area contributed by atoms with Crippen LogP contribution in [0, 0.1) is 5.41 Å². The van der Waals surface area contributed by atoms with Gasteiger partial charge in [0.1, 0.15) is 11.4 Å². The molecule has 2 fully saturated rings. The van der Waals surface area contributed by atoms with Gasteiger partial charge in [0.2, 0.25) is 0 Å². The number of hydrogen-bond donors (Lipinski definition) is 3. The number of hydrogen-bond acceptors (Lipinski definition) is 5. The molecule has 0 aromatic carbocycles.